The van der Waals surface area contributed by atoms with Gasteiger partial charge < -0.3 is 14.8 Å². The maximum atomic E-state index is 11.4. The molecule has 0 aromatic carbocycles. The molecule has 0 atom stereocenters. The Morgan fingerprint density at radius 1 is 1.32 bits per heavy atom. The summed E-state index contributed by atoms with van der Waals surface area (Å²) in [6, 6.07) is 3.24. The molecule has 0 aliphatic heterocycles. The molecule has 1 aromatic rings. The molecule has 0 saturated carbocycles. The molecule has 0 aliphatic carbocycles. The summed E-state index contributed by atoms with van der Waals surface area (Å²) in [5.41, 5.74) is 0.408. The average molecular weight is 304 g/mol. The van der Waals surface area contributed by atoms with Gasteiger partial charge in [0.05, 0.1) is 12.7 Å². The van der Waals surface area contributed by atoms with Gasteiger partial charge in [0.15, 0.2) is 0 Å². The highest BCUT2D eigenvalue weighted by Crippen LogP contribution is 2.06. The van der Waals surface area contributed by atoms with Crippen LogP contribution in [-0.4, -0.2) is 36.3 Å². The summed E-state index contributed by atoms with van der Waals surface area (Å²) in [6.45, 7) is 5.80. The summed E-state index contributed by atoms with van der Waals surface area (Å²) in [7, 11) is 1.31. The van der Waals surface area contributed by atoms with Gasteiger partial charge in [0.1, 0.15) is 11.3 Å². The SMILES string of the molecule is COC(=O)c1ccc(C#CCCNC(=O)OC(C)(C)C)nc1. The van der Waals surface area contributed by atoms with Crippen LogP contribution in [0.15, 0.2) is 18.3 Å². The van der Waals surface area contributed by atoms with Gasteiger partial charge >= 0.3 is 12.1 Å². The summed E-state index contributed by atoms with van der Waals surface area (Å²) < 4.78 is 9.67. The van der Waals surface area contributed by atoms with E-state index in [1.165, 1.54) is 13.3 Å². The number of carbonyl (C=O) groups excluding carboxylic acids is 2. The van der Waals surface area contributed by atoms with E-state index < -0.39 is 17.7 Å². The van der Waals surface area contributed by atoms with Gasteiger partial charge in [-0.3, -0.25) is 0 Å². The van der Waals surface area contributed by atoms with Gasteiger partial charge in [-0.1, -0.05) is 5.92 Å². The highest BCUT2D eigenvalue weighted by Gasteiger charge is 2.15. The zero-order valence-electron chi connectivity index (χ0n) is 13.2. The van der Waals surface area contributed by atoms with E-state index in [2.05, 4.69) is 26.9 Å². The number of ether oxygens (including phenoxy) is 2. The number of nitrogens with one attached hydrogen (secondary N) is 1. The first-order valence-electron chi connectivity index (χ1n) is 6.82. The second-order valence-electron chi connectivity index (χ2n) is 5.40. The Bertz CT molecular complexity index is 577. The van der Waals surface area contributed by atoms with Crippen LogP contribution in [0.2, 0.25) is 0 Å². The third-order valence-electron chi connectivity index (χ3n) is 2.32. The van der Waals surface area contributed by atoms with Crippen LogP contribution in [-0.2, 0) is 9.47 Å². The molecule has 22 heavy (non-hydrogen) atoms. The molecular formula is C16H20N2O4. The zero-order valence-corrected chi connectivity index (χ0v) is 13.2. The summed E-state index contributed by atoms with van der Waals surface area (Å²) in [4.78, 5) is 26.7. The average Bonchev–Trinajstić information content (AvgIpc) is 2.45. The first kappa shape index (κ1) is 17.5. The quantitative estimate of drug-likeness (QED) is 0.526. The first-order chi connectivity index (χ1) is 10.3. The Morgan fingerprint density at radius 3 is 2.59 bits per heavy atom. The van der Waals surface area contributed by atoms with Gasteiger partial charge in [-0.15, -0.1) is 0 Å². The summed E-state index contributed by atoms with van der Waals surface area (Å²) in [5, 5.41) is 2.61. The summed E-state index contributed by atoms with van der Waals surface area (Å²) in [5.74, 6) is 5.29. The van der Waals surface area contributed by atoms with Crippen LogP contribution < -0.4 is 5.32 Å². The molecule has 1 N–H and O–H groups in total. The van der Waals surface area contributed by atoms with Crippen molar-refractivity contribution in [2.45, 2.75) is 32.8 Å². The molecule has 0 spiro atoms. The number of pyridine rings is 1. The van der Waals surface area contributed by atoms with Gasteiger partial charge in [-0.05, 0) is 38.8 Å². The molecule has 118 valence electrons. The number of amides is 1. The lowest BCUT2D eigenvalue weighted by molar-refractivity contribution is 0.0527. The Labute approximate surface area is 130 Å². The largest absolute Gasteiger partial charge is 0.465 e. The normalized spacial score (nSPS) is 10.2. The van der Waals surface area contributed by atoms with Gasteiger partial charge in [0, 0.05) is 19.2 Å². The molecule has 1 rings (SSSR count). The predicted octanol–water partition coefficient (Wildman–Crippen LogP) is 2.13. The number of rotatable bonds is 3. The van der Waals surface area contributed by atoms with Gasteiger partial charge in [0.25, 0.3) is 0 Å². The Balaban J connectivity index is 2.39. The van der Waals surface area contributed by atoms with Crippen LogP contribution in [0.3, 0.4) is 0 Å². The Kier molecular flexibility index (Phi) is 6.39. The van der Waals surface area contributed by atoms with Gasteiger partial charge in [0.2, 0.25) is 0 Å². The fourth-order valence-electron chi connectivity index (χ4n) is 1.40. The number of carbonyl (C=O) groups is 2. The van der Waals surface area contributed by atoms with Crippen LogP contribution >= 0.6 is 0 Å². The molecule has 6 nitrogen and oxygen atoms in total. The smallest absolute Gasteiger partial charge is 0.407 e. The lowest BCUT2D eigenvalue weighted by atomic mass is 10.2. The van der Waals surface area contributed by atoms with Gasteiger partial charge in [-0.2, -0.15) is 0 Å². The van der Waals surface area contributed by atoms with Crippen molar-refractivity contribution in [3.05, 3.63) is 29.6 Å². The molecule has 1 amide bonds. The van der Waals surface area contributed by atoms with Crippen molar-refractivity contribution >= 4 is 12.1 Å². The Hall–Kier alpha value is -2.55. The number of alkyl carbamates (subject to hydrolysis) is 1. The third kappa shape index (κ3) is 6.75. The van der Waals surface area contributed by atoms with Crippen LogP contribution in [0, 0.1) is 11.8 Å². The van der Waals surface area contributed by atoms with E-state index in [-0.39, 0.29) is 0 Å². The molecule has 6 heteroatoms. The lowest BCUT2D eigenvalue weighted by Gasteiger charge is -2.19. The minimum absolute atomic E-state index is 0.375. The fourth-order valence-corrected chi connectivity index (χ4v) is 1.40. The van der Waals surface area contributed by atoms with Crippen molar-refractivity contribution in [3.8, 4) is 11.8 Å². The van der Waals surface area contributed by atoms with Crippen LogP contribution in [0.1, 0.15) is 43.2 Å². The molecular weight excluding hydrogens is 284 g/mol. The molecule has 1 aromatic heterocycles. The summed E-state index contributed by atoms with van der Waals surface area (Å²) >= 11 is 0. The van der Waals surface area contributed by atoms with E-state index in [0.29, 0.717) is 24.2 Å². The highest BCUT2D eigenvalue weighted by molar-refractivity contribution is 5.88. The number of hydrogen-bond acceptors (Lipinski definition) is 5. The van der Waals surface area contributed by atoms with Crippen LogP contribution in [0.25, 0.3) is 0 Å². The Morgan fingerprint density at radius 2 is 2.05 bits per heavy atom. The van der Waals surface area contributed by atoms with E-state index in [9.17, 15) is 9.59 Å². The third-order valence-corrected chi connectivity index (χ3v) is 2.32. The number of hydrogen-bond donors (Lipinski definition) is 1. The van der Waals surface area contributed by atoms with Crippen molar-refractivity contribution in [1.29, 1.82) is 0 Å². The van der Waals surface area contributed by atoms with Crippen LogP contribution in [0.4, 0.5) is 4.79 Å². The molecule has 0 radical (unpaired) electrons. The number of nitrogens with zero attached hydrogens (tertiary/aromatic N) is 1. The molecule has 0 bridgehead atoms. The maximum absolute atomic E-state index is 11.4. The van der Waals surface area contributed by atoms with E-state index in [0.717, 1.165) is 0 Å². The number of aromatic nitrogens is 1. The molecule has 0 unspecified atom stereocenters. The second-order valence-corrected chi connectivity index (χ2v) is 5.40. The zero-order chi connectivity index (χ0) is 16.6. The van der Waals surface area contributed by atoms with E-state index in [1.54, 1.807) is 32.9 Å². The topological polar surface area (TPSA) is 77.5 Å². The van der Waals surface area contributed by atoms with Crippen LogP contribution in [0.5, 0.6) is 0 Å². The van der Waals surface area contributed by atoms with Crippen molar-refractivity contribution in [2.75, 3.05) is 13.7 Å². The van der Waals surface area contributed by atoms with Crippen molar-refractivity contribution in [3.63, 3.8) is 0 Å². The van der Waals surface area contributed by atoms with Gasteiger partial charge in [-0.25, -0.2) is 14.6 Å². The highest BCUT2D eigenvalue weighted by atomic mass is 16.6. The van der Waals surface area contributed by atoms with Crippen molar-refractivity contribution in [1.82, 2.24) is 10.3 Å². The standard InChI is InChI=1S/C16H20N2O4/c1-16(2,3)22-15(20)17-10-6-5-7-13-9-8-12(11-18-13)14(19)21-4/h8-9,11H,6,10H2,1-4H3,(H,17,20). The van der Waals surface area contributed by atoms with E-state index in [1.807, 2.05) is 0 Å². The fraction of sp³-hybridized carbons (Fsp3) is 0.438. The number of methoxy groups -OCH3 is 1. The molecule has 0 aliphatic rings. The van der Waals surface area contributed by atoms with E-state index in [4.69, 9.17) is 4.74 Å². The van der Waals surface area contributed by atoms with E-state index >= 15 is 0 Å². The van der Waals surface area contributed by atoms with Crippen molar-refractivity contribution < 1.29 is 19.1 Å². The minimum Gasteiger partial charge on any atom is -0.465 e. The minimum atomic E-state index is -0.513. The molecule has 0 saturated heterocycles. The monoisotopic (exact) mass is 304 g/mol. The number of esters is 1. The summed E-state index contributed by atoms with van der Waals surface area (Å²) in [6.07, 6.45) is 1.42. The lowest BCUT2D eigenvalue weighted by Crippen LogP contribution is -2.32. The maximum Gasteiger partial charge on any atom is 0.407 e. The second kappa shape index (κ2) is 8.03. The molecule has 1 heterocycles. The van der Waals surface area contributed by atoms with Crippen molar-refractivity contribution in [2.24, 2.45) is 0 Å². The predicted molar refractivity (Wildman–Crippen MR) is 81.3 cm³/mol. The first-order valence-corrected chi connectivity index (χ1v) is 6.82. The molecule has 0 fully saturated rings.